The van der Waals surface area contributed by atoms with Crippen LogP contribution in [0.1, 0.15) is 150 Å². The van der Waals surface area contributed by atoms with E-state index in [9.17, 15) is 0 Å². The average Bonchev–Trinajstić information content (AvgIpc) is 2.62. The minimum Gasteiger partial charge on any atom is -0.0654 e. The van der Waals surface area contributed by atoms with Crippen LogP contribution in [0.3, 0.4) is 0 Å². The Balaban J connectivity index is 3.30. The Morgan fingerprint density at radius 2 is 0.920 bits per heavy atom. The lowest BCUT2D eigenvalue weighted by Gasteiger charge is -2.17. The highest BCUT2D eigenvalue weighted by molar-refractivity contribution is 4.62. The molecule has 0 nitrogen and oxygen atoms in total. The first-order valence-corrected chi connectivity index (χ1v) is 12.2. The molecule has 0 saturated carbocycles. The van der Waals surface area contributed by atoms with Gasteiger partial charge in [0.05, 0.1) is 0 Å². The molecule has 0 aliphatic heterocycles. The van der Waals surface area contributed by atoms with E-state index in [2.05, 4.69) is 27.7 Å². The summed E-state index contributed by atoms with van der Waals surface area (Å²) < 4.78 is 0. The van der Waals surface area contributed by atoms with Gasteiger partial charge >= 0.3 is 0 Å². The number of rotatable bonds is 20. The third-order valence-electron chi connectivity index (χ3n) is 6.16. The first-order chi connectivity index (χ1) is 12.2. The molecule has 0 aromatic heterocycles. The number of hydrogen-bond acceptors (Lipinski definition) is 0. The Labute approximate surface area is 161 Å². The van der Waals surface area contributed by atoms with Crippen molar-refractivity contribution in [3.05, 3.63) is 0 Å². The Bertz CT molecular complexity index is 232. The fraction of sp³-hybridized carbons (Fsp3) is 1.00. The molecule has 2 unspecified atom stereocenters. The summed E-state index contributed by atoms with van der Waals surface area (Å²) in [6.07, 6.45) is 27.7. The molecule has 0 saturated heterocycles. The zero-order valence-corrected chi connectivity index (χ0v) is 18.6. The molecule has 0 heterocycles. The van der Waals surface area contributed by atoms with Crippen LogP contribution >= 0.6 is 0 Å². The van der Waals surface area contributed by atoms with Gasteiger partial charge in [-0.25, -0.2) is 0 Å². The summed E-state index contributed by atoms with van der Waals surface area (Å²) in [4.78, 5) is 0. The van der Waals surface area contributed by atoms with E-state index >= 15 is 0 Å². The minimum absolute atomic E-state index is 0.957. The zero-order valence-electron chi connectivity index (χ0n) is 18.6. The van der Waals surface area contributed by atoms with Crippen LogP contribution < -0.4 is 0 Å². The molecule has 0 fully saturated rings. The standard InChI is InChI=1S/C25H52/c1-5-8-10-11-12-13-14-15-16-17-18-19-20-24(4)22-23-25(7-3)21-9-6-2/h24-25H,5-23H2,1-4H3. The monoisotopic (exact) mass is 352 g/mol. The Hall–Kier alpha value is 0. The van der Waals surface area contributed by atoms with Crippen molar-refractivity contribution in [1.82, 2.24) is 0 Å². The Morgan fingerprint density at radius 1 is 0.440 bits per heavy atom. The molecule has 0 N–H and O–H groups in total. The predicted octanol–water partition coefficient (Wildman–Crippen LogP) is 9.71. The van der Waals surface area contributed by atoms with E-state index in [1.165, 1.54) is 122 Å². The van der Waals surface area contributed by atoms with Crippen LogP contribution in [0, 0.1) is 11.8 Å². The third kappa shape index (κ3) is 18.6. The summed E-state index contributed by atoms with van der Waals surface area (Å²) in [6.45, 7) is 9.50. The SMILES string of the molecule is CCCCCCCCCCCCCCC(C)CCC(CC)CCCC. The predicted molar refractivity (Wildman–Crippen MR) is 117 cm³/mol. The molecule has 2 atom stereocenters. The average molecular weight is 353 g/mol. The maximum absolute atomic E-state index is 2.49. The van der Waals surface area contributed by atoms with Crippen molar-refractivity contribution in [1.29, 1.82) is 0 Å². The molecule has 0 aromatic rings. The number of unbranched alkanes of at least 4 members (excludes halogenated alkanes) is 12. The quantitative estimate of drug-likeness (QED) is 0.191. The van der Waals surface area contributed by atoms with Gasteiger partial charge in [0, 0.05) is 0 Å². The summed E-state index contributed by atoms with van der Waals surface area (Å²) in [5.74, 6) is 1.96. The van der Waals surface area contributed by atoms with Crippen molar-refractivity contribution >= 4 is 0 Å². The van der Waals surface area contributed by atoms with E-state index in [4.69, 9.17) is 0 Å². The van der Waals surface area contributed by atoms with Gasteiger partial charge < -0.3 is 0 Å². The number of hydrogen-bond donors (Lipinski definition) is 0. The van der Waals surface area contributed by atoms with Crippen LogP contribution in [-0.4, -0.2) is 0 Å². The van der Waals surface area contributed by atoms with Crippen LogP contribution in [0.4, 0.5) is 0 Å². The van der Waals surface area contributed by atoms with Crippen LogP contribution in [-0.2, 0) is 0 Å². The second-order valence-corrected chi connectivity index (χ2v) is 8.78. The topological polar surface area (TPSA) is 0 Å². The first kappa shape index (κ1) is 25.0. The van der Waals surface area contributed by atoms with Gasteiger partial charge in [0.25, 0.3) is 0 Å². The van der Waals surface area contributed by atoms with E-state index in [-0.39, 0.29) is 0 Å². The van der Waals surface area contributed by atoms with Gasteiger partial charge in [-0.1, -0.05) is 150 Å². The Kier molecular flexibility index (Phi) is 20.3. The second-order valence-electron chi connectivity index (χ2n) is 8.78. The maximum atomic E-state index is 2.49. The van der Waals surface area contributed by atoms with Crippen molar-refractivity contribution in [3.63, 3.8) is 0 Å². The molecule has 0 heteroatoms. The highest BCUT2D eigenvalue weighted by Crippen LogP contribution is 2.24. The van der Waals surface area contributed by atoms with Crippen LogP contribution in [0.25, 0.3) is 0 Å². The first-order valence-electron chi connectivity index (χ1n) is 12.2. The zero-order chi connectivity index (χ0) is 18.6. The summed E-state index contributed by atoms with van der Waals surface area (Å²) in [6, 6.07) is 0. The molecular formula is C25H52. The highest BCUT2D eigenvalue weighted by atomic mass is 14.1. The lowest BCUT2D eigenvalue weighted by molar-refractivity contribution is 0.355. The van der Waals surface area contributed by atoms with Gasteiger partial charge in [-0.15, -0.1) is 0 Å². The molecule has 0 amide bonds. The van der Waals surface area contributed by atoms with Crippen molar-refractivity contribution in [2.24, 2.45) is 11.8 Å². The van der Waals surface area contributed by atoms with Crippen molar-refractivity contribution in [2.75, 3.05) is 0 Å². The molecule has 0 radical (unpaired) electrons. The molecule has 0 aliphatic rings. The van der Waals surface area contributed by atoms with Crippen molar-refractivity contribution in [3.8, 4) is 0 Å². The lowest BCUT2D eigenvalue weighted by atomic mass is 9.89. The molecular weight excluding hydrogens is 300 g/mol. The van der Waals surface area contributed by atoms with Gasteiger partial charge in [0.2, 0.25) is 0 Å². The largest absolute Gasteiger partial charge is 0.0654 e. The highest BCUT2D eigenvalue weighted by Gasteiger charge is 2.09. The van der Waals surface area contributed by atoms with E-state index < -0.39 is 0 Å². The summed E-state index contributed by atoms with van der Waals surface area (Å²) in [7, 11) is 0. The summed E-state index contributed by atoms with van der Waals surface area (Å²) in [5.41, 5.74) is 0. The Morgan fingerprint density at radius 3 is 1.40 bits per heavy atom. The summed E-state index contributed by atoms with van der Waals surface area (Å²) in [5, 5.41) is 0. The second kappa shape index (κ2) is 20.3. The van der Waals surface area contributed by atoms with E-state index in [0.717, 1.165) is 11.8 Å². The van der Waals surface area contributed by atoms with Gasteiger partial charge in [-0.3, -0.25) is 0 Å². The molecule has 25 heavy (non-hydrogen) atoms. The van der Waals surface area contributed by atoms with Crippen LogP contribution in [0.15, 0.2) is 0 Å². The van der Waals surface area contributed by atoms with E-state index in [0.29, 0.717) is 0 Å². The van der Waals surface area contributed by atoms with Gasteiger partial charge in [0.15, 0.2) is 0 Å². The van der Waals surface area contributed by atoms with Gasteiger partial charge in [0.1, 0.15) is 0 Å². The molecule has 152 valence electrons. The van der Waals surface area contributed by atoms with Crippen molar-refractivity contribution in [2.45, 2.75) is 150 Å². The molecule has 0 bridgehead atoms. The maximum Gasteiger partial charge on any atom is -0.0417 e. The third-order valence-corrected chi connectivity index (χ3v) is 6.16. The minimum atomic E-state index is 0.957. The van der Waals surface area contributed by atoms with Gasteiger partial charge in [-0.05, 0) is 11.8 Å². The van der Waals surface area contributed by atoms with Crippen molar-refractivity contribution < 1.29 is 0 Å². The van der Waals surface area contributed by atoms with Crippen LogP contribution in [0.2, 0.25) is 0 Å². The molecule has 0 aliphatic carbocycles. The fourth-order valence-corrected chi connectivity index (χ4v) is 4.04. The normalized spacial score (nSPS) is 13.9. The van der Waals surface area contributed by atoms with E-state index in [1.807, 2.05) is 0 Å². The molecule has 0 rings (SSSR count). The van der Waals surface area contributed by atoms with E-state index in [1.54, 1.807) is 0 Å². The van der Waals surface area contributed by atoms with Gasteiger partial charge in [-0.2, -0.15) is 0 Å². The van der Waals surface area contributed by atoms with Crippen LogP contribution in [0.5, 0.6) is 0 Å². The summed E-state index contributed by atoms with van der Waals surface area (Å²) >= 11 is 0. The fourth-order valence-electron chi connectivity index (χ4n) is 4.04. The smallest absolute Gasteiger partial charge is 0.0417 e. The lowest BCUT2D eigenvalue weighted by Crippen LogP contribution is -2.03. The molecule has 0 aromatic carbocycles. The molecule has 0 spiro atoms.